The zero-order chi connectivity index (χ0) is 15.2. The summed E-state index contributed by atoms with van der Waals surface area (Å²) in [5, 5.41) is 2.81. The summed E-state index contributed by atoms with van der Waals surface area (Å²) in [7, 11) is 3.15. The Bertz CT molecular complexity index is 627. The first kappa shape index (κ1) is 14.6. The Kier molecular flexibility index (Phi) is 4.61. The summed E-state index contributed by atoms with van der Waals surface area (Å²) in [6.07, 6.45) is 1.44. The highest BCUT2D eigenvalue weighted by Crippen LogP contribution is 2.27. The van der Waals surface area contributed by atoms with Gasteiger partial charge in [-0.15, -0.1) is 0 Å². The Morgan fingerprint density at radius 2 is 1.95 bits per heavy atom. The van der Waals surface area contributed by atoms with E-state index in [1.165, 1.54) is 6.20 Å². The zero-order valence-corrected chi connectivity index (χ0v) is 11.9. The maximum atomic E-state index is 12.0. The minimum atomic E-state index is -0.211. The number of benzene rings is 1. The predicted octanol–water partition coefficient (Wildman–Crippen LogP) is 1.61. The number of carbonyl (C=O) groups is 1. The van der Waals surface area contributed by atoms with Gasteiger partial charge in [0.15, 0.2) is 11.5 Å². The largest absolute Gasteiger partial charge is 0.493 e. The molecule has 6 nitrogen and oxygen atoms in total. The van der Waals surface area contributed by atoms with Crippen molar-refractivity contribution in [2.75, 3.05) is 20.0 Å². The first-order chi connectivity index (χ1) is 10.1. The van der Waals surface area contributed by atoms with Gasteiger partial charge < -0.3 is 20.5 Å². The van der Waals surface area contributed by atoms with Crippen LogP contribution in [0, 0.1) is 0 Å². The monoisotopic (exact) mass is 287 g/mol. The smallest absolute Gasteiger partial charge is 0.253 e. The van der Waals surface area contributed by atoms with Crippen LogP contribution in [-0.2, 0) is 6.54 Å². The summed E-state index contributed by atoms with van der Waals surface area (Å²) >= 11 is 0. The molecule has 0 aliphatic carbocycles. The highest BCUT2D eigenvalue weighted by Gasteiger charge is 2.08. The summed E-state index contributed by atoms with van der Waals surface area (Å²) < 4.78 is 10.4. The minimum Gasteiger partial charge on any atom is -0.493 e. The van der Waals surface area contributed by atoms with Crippen LogP contribution < -0.4 is 20.5 Å². The number of carbonyl (C=O) groups excluding carboxylic acids is 1. The van der Waals surface area contributed by atoms with Gasteiger partial charge in [0.2, 0.25) is 0 Å². The molecule has 0 atom stereocenters. The van der Waals surface area contributed by atoms with Gasteiger partial charge in [0, 0.05) is 12.7 Å². The van der Waals surface area contributed by atoms with Crippen LogP contribution in [0.3, 0.4) is 0 Å². The molecule has 21 heavy (non-hydrogen) atoms. The lowest BCUT2D eigenvalue weighted by Gasteiger charge is -2.10. The van der Waals surface area contributed by atoms with Crippen molar-refractivity contribution in [1.82, 2.24) is 10.3 Å². The molecule has 0 unspecified atom stereocenters. The summed E-state index contributed by atoms with van der Waals surface area (Å²) in [6.45, 7) is 0.379. The van der Waals surface area contributed by atoms with Crippen LogP contribution in [0.25, 0.3) is 0 Å². The second-order valence-corrected chi connectivity index (χ2v) is 4.34. The molecule has 0 bridgehead atoms. The van der Waals surface area contributed by atoms with E-state index in [1.807, 2.05) is 12.1 Å². The van der Waals surface area contributed by atoms with E-state index in [0.29, 0.717) is 29.4 Å². The maximum absolute atomic E-state index is 12.0. The number of methoxy groups -OCH3 is 2. The van der Waals surface area contributed by atoms with Crippen LogP contribution >= 0.6 is 0 Å². The normalized spacial score (nSPS) is 10.0. The van der Waals surface area contributed by atoms with Crippen molar-refractivity contribution in [3.63, 3.8) is 0 Å². The van der Waals surface area contributed by atoms with Crippen LogP contribution in [0.15, 0.2) is 36.5 Å². The van der Waals surface area contributed by atoms with Gasteiger partial charge in [-0.05, 0) is 29.8 Å². The standard InChI is InChI=1S/C15H17N3O3/c1-20-12-5-3-10(7-13(12)21-2)8-18-15(19)11-4-6-14(16)17-9-11/h3-7,9H,8H2,1-2H3,(H2,16,17)(H,18,19). The Labute approximate surface area is 122 Å². The third-order valence-electron chi connectivity index (χ3n) is 2.95. The van der Waals surface area contributed by atoms with Crippen molar-refractivity contribution in [3.05, 3.63) is 47.7 Å². The molecular formula is C15H17N3O3. The van der Waals surface area contributed by atoms with E-state index >= 15 is 0 Å². The van der Waals surface area contributed by atoms with Gasteiger partial charge in [0.1, 0.15) is 5.82 Å². The van der Waals surface area contributed by atoms with Crippen LogP contribution in [0.5, 0.6) is 11.5 Å². The molecule has 2 rings (SSSR count). The first-order valence-electron chi connectivity index (χ1n) is 6.34. The van der Waals surface area contributed by atoms with Crippen LogP contribution in [0.1, 0.15) is 15.9 Å². The van der Waals surface area contributed by atoms with Crippen molar-refractivity contribution in [2.45, 2.75) is 6.54 Å². The Morgan fingerprint density at radius 3 is 2.57 bits per heavy atom. The van der Waals surface area contributed by atoms with E-state index in [9.17, 15) is 4.79 Å². The number of aromatic nitrogens is 1. The van der Waals surface area contributed by atoms with Crippen molar-refractivity contribution in [2.24, 2.45) is 0 Å². The van der Waals surface area contributed by atoms with Gasteiger partial charge in [-0.3, -0.25) is 4.79 Å². The van der Waals surface area contributed by atoms with Crippen molar-refractivity contribution >= 4 is 11.7 Å². The fourth-order valence-electron chi connectivity index (χ4n) is 1.81. The summed E-state index contributed by atoms with van der Waals surface area (Å²) in [6, 6.07) is 8.70. The Balaban J connectivity index is 2.02. The lowest BCUT2D eigenvalue weighted by Crippen LogP contribution is -2.23. The van der Waals surface area contributed by atoms with Crippen molar-refractivity contribution < 1.29 is 14.3 Å². The van der Waals surface area contributed by atoms with E-state index in [1.54, 1.807) is 32.4 Å². The number of nitrogens with zero attached hydrogens (tertiary/aromatic N) is 1. The number of amides is 1. The topological polar surface area (TPSA) is 86.5 Å². The number of nitrogen functional groups attached to an aromatic ring is 1. The first-order valence-corrected chi connectivity index (χ1v) is 6.34. The SMILES string of the molecule is COc1ccc(CNC(=O)c2ccc(N)nc2)cc1OC. The molecule has 0 saturated heterocycles. The number of pyridine rings is 1. The second-order valence-electron chi connectivity index (χ2n) is 4.34. The number of rotatable bonds is 5. The molecule has 3 N–H and O–H groups in total. The highest BCUT2D eigenvalue weighted by atomic mass is 16.5. The zero-order valence-electron chi connectivity index (χ0n) is 11.9. The second kappa shape index (κ2) is 6.60. The highest BCUT2D eigenvalue weighted by molar-refractivity contribution is 5.93. The molecule has 0 radical (unpaired) electrons. The molecule has 0 spiro atoms. The van der Waals surface area contributed by atoms with Crippen LogP contribution in [0.2, 0.25) is 0 Å². The molecule has 1 aromatic carbocycles. The van der Waals surface area contributed by atoms with E-state index in [0.717, 1.165) is 5.56 Å². The average Bonchev–Trinajstić information content (AvgIpc) is 2.52. The summed E-state index contributed by atoms with van der Waals surface area (Å²) in [5.41, 5.74) is 6.85. The number of ether oxygens (including phenoxy) is 2. The van der Waals surface area contributed by atoms with Crippen LogP contribution in [0.4, 0.5) is 5.82 Å². The number of anilines is 1. The summed E-state index contributed by atoms with van der Waals surface area (Å²) in [4.78, 5) is 15.8. The van der Waals surface area contributed by atoms with Crippen molar-refractivity contribution in [3.8, 4) is 11.5 Å². The van der Waals surface area contributed by atoms with E-state index < -0.39 is 0 Å². The van der Waals surface area contributed by atoms with Crippen LogP contribution in [-0.4, -0.2) is 25.1 Å². The van der Waals surface area contributed by atoms with Gasteiger partial charge in [0.25, 0.3) is 5.91 Å². The molecule has 0 fully saturated rings. The van der Waals surface area contributed by atoms with Crippen molar-refractivity contribution in [1.29, 1.82) is 0 Å². The molecule has 1 amide bonds. The van der Waals surface area contributed by atoms with E-state index in [-0.39, 0.29) is 5.91 Å². The Morgan fingerprint density at radius 1 is 1.19 bits per heavy atom. The van der Waals surface area contributed by atoms with Gasteiger partial charge in [-0.2, -0.15) is 0 Å². The maximum Gasteiger partial charge on any atom is 0.253 e. The number of hydrogen-bond acceptors (Lipinski definition) is 5. The number of nitrogens with one attached hydrogen (secondary N) is 1. The molecule has 0 saturated carbocycles. The lowest BCUT2D eigenvalue weighted by atomic mass is 10.2. The summed E-state index contributed by atoms with van der Waals surface area (Å²) in [5.74, 6) is 1.44. The third kappa shape index (κ3) is 3.62. The Hall–Kier alpha value is -2.76. The molecular weight excluding hydrogens is 270 g/mol. The number of hydrogen-bond donors (Lipinski definition) is 2. The fourth-order valence-corrected chi connectivity index (χ4v) is 1.81. The quantitative estimate of drug-likeness (QED) is 0.872. The molecule has 0 aliphatic rings. The van der Waals surface area contributed by atoms with Gasteiger partial charge in [0.05, 0.1) is 19.8 Å². The third-order valence-corrected chi connectivity index (χ3v) is 2.95. The fraction of sp³-hybridized carbons (Fsp3) is 0.200. The molecule has 6 heteroatoms. The molecule has 110 valence electrons. The average molecular weight is 287 g/mol. The molecule has 1 aromatic heterocycles. The number of nitrogens with two attached hydrogens (primary N) is 1. The van der Waals surface area contributed by atoms with E-state index in [4.69, 9.17) is 15.2 Å². The predicted molar refractivity (Wildman–Crippen MR) is 79.4 cm³/mol. The van der Waals surface area contributed by atoms with E-state index in [2.05, 4.69) is 10.3 Å². The minimum absolute atomic E-state index is 0.211. The van der Waals surface area contributed by atoms with Gasteiger partial charge in [-0.25, -0.2) is 4.98 Å². The molecule has 2 aromatic rings. The van der Waals surface area contributed by atoms with Gasteiger partial charge >= 0.3 is 0 Å². The molecule has 1 heterocycles. The van der Waals surface area contributed by atoms with Gasteiger partial charge in [-0.1, -0.05) is 6.07 Å². The molecule has 0 aliphatic heterocycles. The lowest BCUT2D eigenvalue weighted by molar-refractivity contribution is 0.0950.